The van der Waals surface area contributed by atoms with Crippen LogP contribution in [0.5, 0.6) is 0 Å². The van der Waals surface area contributed by atoms with Crippen LogP contribution < -0.4 is 10.2 Å². The Labute approximate surface area is 184 Å². The number of amides is 2. The maximum atomic E-state index is 12.5. The van der Waals surface area contributed by atoms with Crippen LogP contribution in [0.2, 0.25) is 0 Å². The summed E-state index contributed by atoms with van der Waals surface area (Å²) < 4.78 is 0. The number of carbonyl (C=O) groups excluding carboxylic acids is 2. The van der Waals surface area contributed by atoms with Crippen molar-refractivity contribution in [3.63, 3.8) is 0 Å². The zero-order valence-electron chi connectivity index (χ0n) is 17.2. The van der Waals surface area contributed by atoms with Gasteiger partial charge in [0, 0.05) is 28.8 Å². The van der Waals surface area contributed by atoms with Crippen molar-refractivity contribution in [1.82, 2.24) is 4.98 Å². The van der Waals surface area contributed by atoms with Gasteiger partial charge in [-0.25, -0.2) is 4.98 Å². The molecule has 0 atom stereocenters. The molecule has 0 bridgehead atoms. The maximum absolute atomic E-state index is 12.5. The van der Waals surface area contributed by atoms with Crippen LogP contribution >= 0.6 is 23.1 Å². The molecule has 0 fully saturated rings. The highest BCUT2D eigenvalue weighted by molar-refractivity contribution is 8.00. The standard InChI is InChI=1S/C23H23N3O2S2/c1-14-10-15(2)22(16(3)11-14)17-12-30-23(24-17)25-20(27)8-9-26-18-6-4-5-7-19(18)29-13-21(26)28/h4-7,10-12H,8-9,13H2,1-3H3,(H,24,25,27). The van der Waals surface area contributed by atoms with Gasteiger partial charge in [-0.15, -0.1) is 23.1 Å². The van der Waals surface area contributed by atoms with Crippen LogP contribution in [0.4, 0.5) is 10.8 Å². The molecule has 1 N–H and O–H groups in total. The molecule has 3 aromatic rings. The summed E-state index contributed by atoms with van der Waals surface area (Å²) in [4.78, 5) is 32.3. The lowest BCUT2D eigenvalue weighted by atomic mass is 9.98. The van der Waals surface area contributed by atoms with Crippen molar-refractivity contribution in [2.75, 3.05) is 22.5 Å². The monoisotopic (exact) mass is 437 g/mol. The lowest BCUT2D eigenvalue weighted by Crippen LogP contribution is -2.37. The molecule has 4 rings (SSSR count). The van der Waals surface area contributed by atoms with Crippen LogP contribution in [-0.4, -0.2) is 29.1 Å². The average molecular weight is 438 g/mol. The minimum Gasteiger partial charge on any atom is -0.310 e. The zero-order chi connectivity index (χ0) is 21.3. The van der Waals surface area contributed by atoms with E-state index in [1.165, 1.54) is 28.0 Å². The van der Waals surface area contributed by atoms with Crippen molar-refractivity contribution in [1.29, 1.82) is 0 Å². The smallest absolute Gasteiger partial charge is 0.237 e. The largest absolute Gasteiger partial charge is 0.310 e. The van der Waals surface area contributed by atoms with E-state index < -0.39 is 0 Å². The summed E-state index contributed by atoms with van der Waals surface area (Å²) in [7, 11) is 0. The predicted molar refractivity (Wildman–Crippen MR) is 125 cm³/mol. The molecule has 0 aliphatic carbocycles. The first-order valence-corrected chi connectivity index (χ1v) is 11.6. The quantitative estimate of drug-likeness (QED) is 0.596. The Balaban J connectivity index is 1.42. The van der Waals surface area contributed by atoms with Crippen molar-refractivity contribution in [2.24, 2.45) is 0 Å². The fourth-order valence-corrected chi connectivity index (χ4v) is 5.48. The fourth-order valence-electron chi connectivity index (χ4n) is 3.82. The first-order chi connectivity index (χ1) is 14.4. The molecular weight excluding hydrogens is 414 g/mol. The van der Waals surface area contributed by atoms with E-state index in [-0.39, 0.29) is 18.2 Å². The second-order valence-electron chi connectivity index (χ2n) is 7.41. The second-order valence-corrected chi connectivity index (χ2v) is 9.29. The molecule has 0 unspecified atom stereocenters. The molecule has 0 saturated heterocycles. The number of carbonyl (C=O) groups is 2. The average Bonchev–Trinajstić information content (AvgIpc) is 3.14. The van der Waals surface area contributed by atoms with E-state index >= 15 is 0 Å². The van der Waals surface area contributed by atoms with Gasteiger partial charge in [0.2, 0.25) is 11.8 Å². The highest BCUT2D eigenvalue weighted by Gasteiger charge is 2.24. The summed E-state index contributed by atoms with van der Waals surface area (Å²) >= 11 is 2.96. The summed E-state index contributed by atoms with van der Waals surface area (Å²) in [6.07, 6.45) is 0.224. The summed E-state index contributed by atoms with van der Waals surface area (Å²) in [6.45, 7) is 6.61. The van der Waals surface area contributed by atoms with Gasteiger partial charge >= 0.3 is 0 Å². The van der Waals surface area contributed by atoms with Gasteiger partial charge in [0.15, 0.2) is 5.13 Å². The van der Waals surface area contributed by atoms with Crippen LogP contribution in [0.3, 0.4) is 0 Å². The predicted octanol–water partition coefficient (Wildman–Crippen LogP) is 5.20. The fraction of sp³-hybridized carbons (Fsp3) is 0.261. The Morgan fingerprint density at radius 1 is 1.17 bits per heavy atom. The number of nitrogens with zero attached hydrogens (tertiary/aromatic N) is 2. The minimum atomic E-state index is -0.142. The molecule has 2 heterocycles. The van der Waals surface area contributed by atoms with E-state index in [0.29, 0.717) is 17.4 Å². The summed E-state index contributed by atoms with van der Waals surface area (Å²) in [5, 5.41) is 5.44. The van der Waals surface area contributed by atoms with Gasteiger partial charge < -0.3 is 10.2 Å². The molecular formula is C23H23N3O2S2. The number of aryl methyl sites for hydroxylation is 3. The Morgan fingerprint density at radius 2 is 1.90 bits per heavy atom. The number of thioether (sulfide) groups is 1. The number of hydrogen-bond acceptors (Lipinski definition) is 5. The molecule has 7 heteroatoms. The molecule has 30 heavy (non-hydrogen) atoms. The SMILES string of the molecule is Cc1cc(C)c(-c2csc(NC(=O)CCN3C(=O)CSc4ccccc43)n2)c(C)c1. The van der Waals surface area contributed by atoms with Crippen LogP contribution in [0.1, 0.15) is 23.1 Å². The van der Waals surface area contributed by atoms with E-state index in [9.17, 15) is 9.59 Å². The molecule has 0 radical (unpaired) electrons. The molecule has 1 aromatic heterocycles. The summed E-state index contributed by atoms with van der Waals surface area (Å²) in [6, 6.07) is 12.1. The summed E-state index contributed by atoms with van der Waals surface area (Å²) in [5.41, 5.74) is 6.46. The normalized spacial score (nSPS) is 13.3. The maximum Gasteiger partial charge on any atom is 0.237 e. The van der Waals surface area contributed by atoms with E-state index in [0.717, 1.165) is 21.8 Å². The molecule has 1 aliphatic rings. The number of rotatable bonds is 5. The molecule has 2 amide bonds. The first-order valence-electron chi connectivity index (χ1n) is 9.78. The number of nitrogens with one attached hydrogen (secondary N) is 1. The van der Waals surface area contributed by atoms with Gasteiger partial charge in [-0.2, -0.15) is 0 Å². The van der Waals surface area contributed by atoms with Crippen molar-refractivity contribution >= 4 is 45.7 Å². The third-order valence-electron chi connectivity index (χ3n) is 5.05. The molecule has 0 saturated carbocycles. The molecule has 5 nitrogen and oxygen atoms in total. The number of benzene rings is 2. The minimum absolute atomic E-state index is 0.0355. The first kappa shape index (κ1) is 20.6. The van der Waals surface area contributed by atoms with Gasteiger partial charge in [-0.05, 0) is 44.0 Å². The molecule has 2 aromatic carbocycles. The lowest BCUT2D eigenvalue weighted by molar-refractivity contribution is -0.117. The van der Waals surface area contributed by atoms with Crippen LogP contribution in [-0.2, 0) is 9.59 Å². The molecule has 154 valence electrons. The Morgan fingerprint density at radius 3 is 2.67 bits per heavy atom. The number of anilines is 2. The van der Waals surface area contributed by atoms with E-state index in [4.69, 9.17) is 0 Å². The van der Waals surface area contributed by atoms with Gasteiger partial charge in [-0.1, -0.05) is 29.8 Å². The van der Waals surface area contributed by atoms with Gasteiger partial charge in [-0.3, -0.25) is 9.59 Å². The van der Waals surface area contributed by atoms with Crippen LogP contribution in [0.25, 0.3) is 11.3 Å². The van der Waals surface area contributed by atoms with Crippen molar-refractivity contribution in [3.05, 3.63) is 58.5 Å². The Kier molecular flexibility index (Phi) is 5.92. The molecule has 0 spiro atoms. The Hall–Kier alpha value is -2.64. The Bertz CT molecular complexity index is 1100. The highest BCUT2D eigenvalue weighted by atomic mass is 32.2. The number of fused-ring (bicyclic) bond motifs is 1. The van der Waals surface area contributed by atoms with Crippen molar-refractivity contribution in [3.8, 4) is 11.3 Å². The topological polar surface area (TPSA) is 62.3 Å². The van der Waals surface area contributed by atoms with Gasteiger partial charge in [0.25, 0.3) is 0 Å². The van der Waals surface area contributed by atoms with Crippen LogP contribution in [0.15, 0.2) is 46.7 Å². The highest BCUT2D eigenvalue weighted by Crippen LogP contribution is 2.35. The summed E-state index contributed by atoms with van der Waals surface area (Å²) in [5.74, 6) is 0.300. The van der Waals surface area contributed by atoms with Crippen molar-refractivity contribution in [2.45, 2.75) is 32.1 Å². The third kappa shape index (κ3) is 4.27. The number of para-hydroxylation sites is 1. The van der Waals surface area contributed by atoms with Gasteiger partial charge in [0.05, 0.1) is 17.1 Å². The zero-order valence-corrected chi connectivity index (χ0v) is 18.8. The van der Waals surface area contributed by atoms with E-state index in [1.54, 1.807) is 16.7 Å². The molecule has 1 aliphatic heterocycles. The van der Waals surface area contributed by atoms with E-state index in [1.807, 2.05) is 29.6 Å². The van der Waals surface area contributed by atoms with Gasteiger partial charge in [0.1, 0.15) is 0 Å². The van der Waals surface area contributed by atoms with E-state index in [2.05, 4.69) is 43.2 Å². The second kappa shape index (κ2) is 8.62. The number of hydrogen-bond donors (Lipinski definition) is 1. The third-order valence-corrected chi connectivity index (χ3v) is 6.86. The van der Waals surface area contributed by atoms with Crippen LogP contribution in [0, 0.1) is 20.8 Å². The number of thiazole rings is 1. The number of aromatic nitrogens is 1. The lowest BCUT2D eigenvalue weighted by Gasteiger charge is -2.28. The van der Waals surface area contributed by atoms with Crippen molar-refractivity contribution < 1.29 is 9.59 Å².